The van der Waals surface area contributed by atoms with E-state index in [9.17, 15) is 13.2 Å². The highest BCUT2D eigenvalue weighted by Crippen LogP contribution is 2.54. The second-order valence-corrected chi connectivity index (χ2v) is 9.17. The Balaban J connectivity index is 1.54. The first-order chi connectivity index (χ1) is 9.88. The van der Waals surface area contributed by atoms with Crippen LogP contribution in [0.2, 0.25) is 0 Å². The smallest absolute Gasteiger partial charge is 0.306 e. The van der Waals surface area contributed by atoms with Crippen molar-refractivity contribution in [3.63, 3.8) is 0 Å². The molecule has 0 spiro atoms. The number of carboxylic acid groups (broad SMARTS) is 1. The summed E-state index contributed by atoms with van der Waals surface area (Å²) in [6.07, 6.45) is 8.04. The van der Waals surface area contributed by atoms with Crippen LogP contribution in [0, 0.1) is 17.3 Å². The largest absolute Gasteiger partial charge is 0.481 e. The van der Waals surface area contributed by atoms with Crippen molar-refractivity contribution in [2.75, 3.05) is 5.75 Å². The van der Waals surface area contributed by atoms with Crippen LogP contribution in [-0.4, -0.2) is 31.3 Å². The first-order valence-electron chi connectivity index (χ1n) is 8.10. The predicted octanol–water partition coefficient (Wildman–Crippen LogP) is 2.13. The molecular weight excluding hydrogens is 290 g/mol. The van der Waals surface area contributed by atoms with Gasteiger partial charge in [-0.2, -0.15) is 0 Å². The van der Waals surface area contributed by atoms with Gasteiger partial charge in [0.05, 0.1) is 11.7 Å². The molecule has 0 aromatic heterocycles. The Labute approximate surface area is 126 Å². The summed E-state index contributed by atoms with van der Waals surface area (Å²) in [5.74, 6) is -0.0193. The topological polar surface area (TPSA) is 83.5 Å². The molecule has 21 heavy (non-hydrogen) atoms. The molecule has 0 atom stereocenters. The highest BCUT2D eigenvalue weighted by molar-refractivity contribution is 7.89. The third kappa shape index (κ3) is 3.42. The average Bonchev–Trinajstić information content (AvgIpc) is 2.97. The van der Waals surface area contributed by atoms with Crippen LogP contribution in [0.3, 0.4) is 0 Å². The molecule has 0 radical (unpaired) electrons. The summed E-state index contributed by atoms with van der Waals surface area (Å²) in [6.45, 7) is 0. The number of hydrogen-bond acceptors (Lipinski definition) is 3. The van der Waals surface area contributed by atoms with Gasteiger partial charge in [-0.25, -0.2) is 13.1 Å². The summed E-state index contributed by atoms with van der Waals surface area (Å²) in [4.78, 5) is 10.9. The van der Waals surface area contributed by atoms with Gasteiger partial charge in [0, 0.05) is 6.04 Å². The maximum atomic E-state index is 12.4. The number of nitrogens with one attached hydrogen (secondary N) is 1. The van der Waals surface area contributed by atoms with E-state index in [-0.39, 0.29) is 23.1 Å². The summed E-state index contributed by atoms with van der Waals surface area (Å²) in [5.41, 5.74) is 0.0365. The van der Waals surface area contributed by atoms with Crippen molar-refractivity contribution in [1.29, 1.82) is 0 Å². The predicted molar refractivity (Wildman–Crippen MR) is 79.3 cm³/mol. The van der Waals surface area contributed by atoms with Gasteiger partial charge in [-0.15, -0.1) is 0 Å². The average molecular weight is 315 g/mol. The highest BCUT2D eigenvalue weighted by Gasteiger charge is 2.47. The minimum Gasteiger partial charge on any atom is -0.481 e. The van der Waals surface area contributed by atoms with Gasteiger partial charge in [-0.3, -0.25) is 4.79 Å². The summed E-state index contributed by atoms with van der Waals surface area (Å²) < 4.78 is 27.7. The number of hydrogen-bond donors (Lipinski definition) is 2. The molecule has 3 saturated carbocycles. The molecule has 0 aliphatic heterocycles. The first-order valence-corrected chi connectivity index (χ1v) is 9.76. The van der Waals surface area contributed by atoms with Crippen molar-refractivity contribution in [3.8, 4) is 0 Å². The summed E-state index contributed by atoms with van der Waals surface area (Å²) in [5, 5.41) is 8.98. The zero-order chi connectivity index (χ0) is 15.1. The van der Waals surface area contributed by atoms with E-state index in [1.54, 1.807) is 0 Å². The van der Waals surface area contributed by atoms with Crippen molar-refractivity contribution < 1.29 is 18.3 Å². The van der Waals surface area contributed by atoms with E-state index in [1.807, 2.05) is 0 Å². The van der Waals surface area contributed by atoms with Crippen LogP contribution in [-0.2, 0) is 14.8 Å². The van der Waals surface area contributed by atoms with E-state index >= 15 is 0 Å². The van der Waals surface area contributed by atoms with E-state index in [0.717, 1.165) is 25.2 Å². The monoisotopic (exact) mass is 315 g/mol. The SMILES string of the molecule is O=C(O)C1CCC(NS(=O)(=O)CC23CCC(CC2)C3)CC1. The number of carbonyl (C=O) groups is 1. The molecule has 3 rings (SSSR count). The fourth-order valence-corrected chi connectivity index (χ4v) is 6.71. The van der Waals surface area contributed by atoms with E-state index in [1.165, 1.54) is 12.8 Å². The molecular formula is C15H25NO4S. The van der Waals surface area contributed by atoms with Crippen LogP contribution >= 0.6 is 0 Å². The number of rotatable bonds is 5. The lowest BCUT2D eigenvalue weighted by Crippen LogP contribution is -2.42. The van der Waals surface area contributed by atoms with Crippen LogP contribution < -0.4 is 4.72 Å². The quantitative estimate of drug-likeness (QED) is 0.814. The lowest BCUT2D eigenvalue weighted by Gasteiger charge is -2.30. The van der Waals surface area contributed by atoms with E-state index in [4.69, 9.17) is 5.11 Å². The number of aliphatic carboxylic acids is 1. The molecule has 0 amide bonds. The lowest BCUT2D eigenvalue weighted by atomic mass is 9.86. The molecule has 6 heteroatoms. The van der Waals surface area contributed by atoms with Crippen LogP contribution in [0.4, 0.5) is 0 Å². The maximum Gasteiger partial charge on any atom is 0.306 e. The first kappa shape index (κ1) is 15.3. The fraction of sp³-hybridized carbons (Fsp3) is 0.933. The Morgan fingerprint density at radius 2 is 1.71 bits per heavy atom. The normalized spacial score (nSPS) is 39.5. The fourth-order valence-electron chi connectivity index (χ4n) is 4.67. The lowest BCUT2D eigenvalue weighted by molar-refractivity contribution is -0.142. The summed E-state index contributed by atoms with van der Waals surface area (Å²) >= 11 is 0. The molecule has 3 aliphatic carbocycles. The van der Waals surface area contributed by atoms with Gasteiger partial charge in [0.15, 0.2) is 0 Å². The standard InChI is InChI=1S/C15H25NO4S/c17-14(18)12-1-3-13(4-2-12)16-21(19,20)10-15-7-5-11(9-15)6-8-15/h11-13,16H,1-10H2,(H,17,18). The second kappa shape index (κ2) is 5.54. The number of carboxylic acids is 1. The zero-order valence-electron chi connectivity index (χ0n) is 12.4. The van der Waals surface area contributed by atoms with Crippen LogP contribution in [0.5, 0.6) is 0 Å². The van der Waals surface area contributed by atoms with Crippen molar-refractivity contribution in [1.82, 2.24) is 4.72 Å². The molecule has 0 saturated heterocycles. The van der Waals surface area contributed by atoms with Gasteiger partial charge >= 0.3 is 5.97 Å². The molecule has 0 unspecified atom stereocenters. The zero-order valence-corrected chi connectivity index (χ0v) is 13.2. The minimum atomic E-state index is -3.24. The molecule has 2 N–H and O–H groups in total. The van der Waals surface area contributed by atoms with Gasteiger partial charge in [0.25, 0.3) is 0 Å². The number of fused-ring (bicyclic) bond motifs is 2. The third-order valence-electron chi connectivity index (χ3n) is 5.81. The van der Waals surface area contributed by atoms with Gasteiger partial charge in [0.1, 0.15) is 0 Å². The van der Waals surface area contributed by atoms with Crippen molar-refractivity contribution >= 4 is 16.0 Å². The Kier molecular flexibility index (Phi) is 4.03. The van der Waals surface area contributed by atoms with Crippen molar-refractivity contribution in [2.45, 2.75) is 63.8 Å². The van der Waals surface area contributed by atoms with Gasteiger partial charge in [-0.05, 0) is 69.1 Å². The maximum absolute atomic E-state index is 12.4. The molecule has 0 aromatic carbocycles. The Morgan fingerprint density at radius 3 is 2.19 bits per heavy atom. The van der Waals surface area contributed by atoms with Crippen molar-refractivity contribution in [2.24, 2.45) is 17.3 Å². The highest BCUT2D eigenvalue weighted by atomic mass is 32.2. The Bertz CT molecular complexity index is 500. The molecule has 0 aromatic rings. The van der Waals surface area contributed by atoms with Crippen LogP contribution in [0.25, 0.3) is 0 Å². The van der Waals surface area contributed by atoms with Gasteiger partial charge in [0.2, 0.25) is 10.0 Å². The van der Waals surface area contributed by atoms with E-state index in [0.29, 0.717) is 25.7 Å². The Hall–Kier alpha value is -0.620. The van der Waals surface area contributed by atoms with Gasteiger partial charge < -0.3 is 5.11 Å². The van der Waals surface area contributed by atoms with E-state index in [2.05, 4.69) is 4.72 Å². The van der Waals surface area contributed by atoms with Crippen LogP contribution in [0.1, 0.15) is 57.8 Å². The molecule has 120 valence electrons. The van der Waals surface area contributed by atoms with Crippen LogP contribution in [0.15, 0.2) is 0 Å². The molecule has 3 fully saturated rings. The second-order valence-electron chi connectivity index (χ2n) is 7.41. The van der Waals surface area contributed by atoms with Gasteiger partial charge in [-0.1, -0.05) is 0 Å². The number of sulfonamides is 1. The molecule has 5 nitrogen and oxygen atoms in total. The third-order valence-corrected chi connectivity index (χ3v) is 7.49. The molecule has 2 bridgehead atoms. The molecule has 0 heterocycles. The summed E-state index contributed by atoms with van der Waals surface area (Å²) in [6, 6.07) is -0.0689. The van der Waals surface area contributed by atoms with Crippen molar-refractivity contribution in [3.05, 3.63) is 0 Å². The Morgan fingerprint density at radius 1 is 1.10 bits per heavy atom. The molecule has 3 aliphatic rings. The summed E-state index contributed by atoms with van der Waals surface area (Å²) in [7, 11) is -3.24. The minimum absolute atomic E-state index is 0.0365. The van der Waals surface area contributed by atoms with E-state index < -0.39 is 16.0 Å².